The van der Waals surface area contributed by atoms with Crippen molar-refractivity contribution in [3.63, 3.8) is 0 Å². The Hall–Kier alpha value is -2.41. The molecule has 1 aliphatic heterocycles. The number of hydrogen-bond donors (Lipinski definition) is 3. The van der Waals surface area contributed by atoms with E-state index in [4.69, 9.17) is 0 Å². The number of carbonyl (C=O) groups excluding carboxylic acids is 1. The van der Waals surface area contributed by atoms with Crippen molar-refractivity contribution in [1.29, 1.82) is 0 Å². The zero-order chi connectivity index (χ0) is 16.8. The average Bonchev–Trinajstić information content (AvgIpc) is 3.09. The van der Waals surface area contributed by atoms with Crippen molar-refractivity contribution < 1.29 is 4.79 Å². The van der Waals surface area contributed by atoms with Crippen molar-refractivity contribution in [2.24, 2.45) is 5.92 Å². The van der Waals surface area contributed by atoms with Crippen LogP contribution in [0.25, 0.3) is 11.3 Å². The smallest absolute Gasteiger partial charge is 0.239 e. The van der Waals surface area contributed by atoms with Crippen LogP contribution in [0.2, 0.25) is 0 Å². The highest BCUT2D eigenvalue weighted by Gasteiger charge is 2.14. The third-order valence-corrected chi connectivity index (χ3v) is 4.27. The van der Waals surface area contributed by atoms with E-state index in [1.54, 1.807) is 7.05 Å². The normalized spacial score (nSPS) is 17.5. The Kier molecular flexibility index (Phi) is 5.43. The molecule has 1 aromatic carbocycles. The Bertz CT molecular complexity index is 677. The third kappa shape index (κ3) is 4.32. The standard InChI is InChI=1S/C17H24N6O/c1-18-17(24)10-20-15-6-2-5-14(8-15)16-12-23(22-21-16)11-13-4-3-7-19-9-13/h2,5-6,8,12-13,19-20H,3-4,7,9-11H2,1H3,(H,18,24). The monoisotopic (exact) mass is 328 g/mol. The lowest BCUT2D eigenvalue weighted by Gasteiger charge is -2.22. The summed E-state index contributed by atoms with van der Waals surface area (Å²) in [5, 5.41) is 17.7. The third-order valence-electron chi connectivity index (χ3n) is 4.27. The Morgan fingerprint density at radius 3 is 3.17 bits per heavy atom. The Morgan fingerprint density at radius 1 is 1.46 bits per heavy atom. The first-order chi connectivity index (χ1) is 11.7. The molecular formula is C17H24N6O. The van der Waals surface area contributed by atoms with Crippen LogP contribution in [0.15, 0.2) is 30.5 Å². The molecule has 2 aromatic rings. The van der Waals surface area contributed by atoms with Crippen molar-refractivity contribution in [2.45, 2.75) is 19.4 Å². The number of nitrogens with zero attached hydrogens (tertiary/aromatic N) is 3. The van der Waals surface area contributed by atoms with Gasteiger partial charge in [-0.05, 0) is 44.0 Å². The number of carbonyl (C=O) groups is 1. The molecule has 0 aliphatic carbocycles. The number of piperidine rings is 1. The average molecular weight is 328 g/mol. The zero-order valence-electron chi connectivity index (χ0n) is 14.0. The van der Waals surface area contributed by atoms with E-state index in [9.17, 15) is 4.79 Å². The lowest BCUT2D eigenvalue weighted by Crippen LogP contribution is -2.32. The van der Waals surface area contributed by atoms with Gasteiger partial charge in [0.2, 0.25) is 5.91 Å². The van der Waals surface area contributed by atoms with Gasteiger partial charge in [-0.15, -0.1) is 5.10 Å². The van der Waals surface area contributed by atoms with Gasteiger partial charge in [0.05, 0.1) is 12.7 Å². The number of rotatable bonds is 6. The lowest BCUT2D eigenvalue weighted by atomic mass is 10.00. The van der Waals surface area contributed by atoms with Crippen LogP contribution in [-0.2, 0) is 11.3 Å². The molecule has 0 radical (unpaired) electrons. The highest BCUT2D eigenvalue weighted by molar-refractivity contribution is 5.80. The summed E-state index contributed by atoms with van der Waals surface area (Å²) in [6.45, 7) is 3.32. The zero-order valence-corrected chi connectivity index (χ0v) is 14.0. The molecular weight excluding hydrogens is 304 g/mol. The Morgan fingerprint density at radius 2 is 2.38 bits per heavy atom. The number of aromatic nitrogens is 3. The second-order valence-electron chi connectivity index (χ2n) is 6.15. The van der Waals surface area contributed by atoms with Crippen molar-refractivity contribution in [1.82, 2.24) is 25.6 Å². The van der Waals surface area contributed by atoms with Gasteiger partial charge in [-0.2, -0.15) is 0 Å². The van der Waals surface area contributed by atoms with Crippen molar-refractivity contribution in [3.8, 4) is 11.3 Å². The van der Waals surface area contributed by atoms with Gasteiger partial charge in [-0.3, -0.25) is 9.48 Å². The molecule has 1 saturated heterocycles. The number of anilines is 1. The molecule has 1 aliphatic rings. The molecule has 1 fully saturated rings. The van der Waals surface area contributed by atoms with E-state index >= 15 is 0 Å². The molecule has 0 spiro atoms. The van der Waals surface area contributed by atoms with Crippen LogP contribution in [-0.4, -0.2) is 47.6 Å². The van der Waals surface area contributed by atoms with Crippen LogP contribution in [0.3, 0.4) is 0 Å². The highest BCUT2D eigenvalue weighted by Crippen LogP contribution is 2.21. The van der Waals surface area contributed by atoms with Gasteiger partial charge in [0, 0.05) is 24.8 Å². The number of hydrogen-bond acceptors (Lipinski definition) is 5. The van der Waals surface area contributed by atoms with E-state index in [1.165, 1.54) is 12.8 Å². The summed E-state index contributed by atoms with van der Waals surface area (Å²) in [5.41, 5.74) is 2.73. The van der Waals surface area contributed by atoms with Gasteiger partial charge in [0.1, 0.15) is 5.69 Å². The minimum absolute atomic E-state index is 0.0487. The molecule has 2 heterocycles. The number of benzene rings is 1. The lowest BCUT2D eigenvalue weighted by molar-refractivity contribution is -0.118. The SMILES string of the molecule is CNC(=O)CNc1cccc(-c2cn(CC3CCCNC3)nn2)c1. The summed E-state index contributed by atoms with van der Waals surface area (Å²) >= 11 is 0. The number of nitrogens with one attached hydrogen (secondary N) is 3. The van der Waals surface area contributed by atoms with E-state index in [0.717, 1.165) is 36.6 Å². The van der Waals surface area contributed by atoms with Crippen molar-refractivity contribution in [3.05, 3.63) is 30.5 Å². The summed E-state index contributed by atoms with van der Waals surface area (Å²) in [7, 11) is 1.63. The summed E-state index contributed by atoms with van der Waals surface area (Å²) in [6, 6.07) is 7.87. The molecule has 1 aromatic heterocycles. The van der Waals surface area contributed by atoms with Crippen LogP contribution < -0.4 is 16.0 Å². The quantitative estimate of drug-likeness (QED) is 0.740. The maximum absolute atomic E-state index is 11.3. The van der Waals surface area contributed by atoms with E-state index < -0.39 is 0 Å². The van der Waals surface area contributed by atoms with E-state index in [0.29, 0.717) is 5.92 Å². The first kappa shape index (κ1) is 16.4. The molecule has 1 unspecified atom stereocenters. The van der Waals surface area contributed by atoms with Gasteiger partial charge in [0.15, 0.2) is 0 Å². The first-order valence-corrected chi connectivity index (χ1v) is 8.40. The molecule has 7 heteroatoms. The van der Waals surface area contributed by atoms with Crippen LogP contribution >= 0.6 is 0 Å². The maximum Gasteiger partial charge on any atom is 0.239 e. The van der Waals surface area contributed by atoms with E-state index in [2.05, 4.69) is 26.3 Å². The predicted octanol–water partition coefficient (Wildman–Crippen LogP) is 1.10. The van der Waals surface area contributed by atoms with Crippen molar-refractivity contribution >= 4 is 11.6 Å². The summed E-state index contributed by atoms with van der Waals surface area (Å²) in [4.78, 5) is 11.3. The predicted molar refractivity (Wildman–Crippen MR) is 93.6 cm³/mol. The van der Waals surface area contributed by atoms with Gasteiger partial charge < -0.3 is 16.0 Å². The minimum atomic E-state index is -0.0487. The Balaban J connectivity index is 1.64. The molecule has 24 heavy (non-hydrogen) atoms. The molecule has 0 saturated carbocycles. The van der Waals surface area contributed by atoms with Gasteiger partial charge >= 0.3 is 0 Å². The van der Waals surface area contributed by atoms with Gasteiger partial charge in [-0.25, -0.2) is 0 Å². The number of amides is 1. The first-order valence-electron chi connectivity index (χ1n) is 8.40. The van der Waals surface area contributed by atoms with Crippen LogP contribution in [0, 0.1) is 5.92 Å². The molecule has 3 rings (SSSR count). The fourth-order valence-electron chi connectivity index (χ4n) is 2.92. The van der Waals surface area contributed by atoms with Crippen LogP contribution in [0.5, 0.6) is 0 Å². The molecule has 7 nitrogen and oxygen atoms in total. The second kappa shape index (κ2) is 7.92. The van der Waals surface area contributed by atoms with Crippen LogP contribution in [0.4, 0.5) is 5.69 Å². The van der Waals surface area contributed by atoms with Crippen molar-refractivity contribution in [2.75, 3.05) is 32.0 Å². The maximum atomic E-state index is 11.3. The topological polar surface area (TPSA) is 83.9 Å². The number of likely N-dealkylation sites (N-methyl/N-ethyl adjacent to an activating group) is 1. The summed E-state index contributed by atoms with van der Waals surface area (Å²) < 4.78 is 1.93. The molecule has 1 atom stereocenters. The molecule has 1 amide bonds. The summed E-state index contributed by atoms with van der Waals surface area (Å²) in [6.07, 6.45) is 4.46. The molecule has 0 bridgehead atoms. The Labute approximate surface area is 141 Å². The van der Waals surface area contributed by atoms with Gasteiger partial charge in [0.25, 0.3) is 0 Å². The molecule has 128 valence electrons. The van der Waals surface area contributed by atoms with E-state index in [-0.39, 0.29) is 12.5 Å². The molecule has 3 N–H and O–H groups in total. The minimum Gasteiger partial charge on any atom is -0.376 e. The van der Waals surface area contributed by atoms with Crippen LogP contribution in [0.1, 0.15) is 12.8 Å². The highest BCUT2D eigenvalue weighted by atomic mass is 16.1. The summed E-state index contributed by atoms with van der Waals surface area (Å²) in [5.74, 6) is 0.571. The van der Waals surface area contributed by atoms with Gasteiger partial charge in [-0.1, -0.05) is 17.3 Å². The fourth-order valence-corrected chi connectivity index (χ4v) is 2.92. The second-order valence-corrected chi connectivity index (χ2v) is 6.15. The largest absolute Gasteiger partial charge is 0.376 e. The fraction of sp³-hybridized carbons (Fsp3) is 0.471. The van der Waals surface area contributed by atoms with E-state index in [1.807, 2.05) is 35.1 Å².